The van der Waals surface area contributed by atoms with Gasteiger partial charge in [0.25, 0.3) is 5.56 Å². The van der Waals surface area contributed by atoms with E-state index in [9.17, 15) is 14.4 Å². The predicted octanol–water partition coefficient (Wildman–Crippen LogP) is 3.39. The number of thiazole rings is 1. The van der Waals surface area contributed by atoms with Crippen molar-refractivity contribution in [3.8, 4) is 11.5 Å². The smallest absolute Gasteiger partial charge is 0.338 e. The van der Waals surface area contributed by atoms with Crippen LogP contribution in [0.2, 0.25) is 5.02 Å². The molecule has 2 aromatic carbocycles. The van der Waals surface area contributed by atoms with Crippen molar-refractivity contribution in [3.63, 3.8) is 0 Å². The molecule has 10 heteroatoms. The number of allylic oxidation sites excluding steroid dienone is 1. The second-order valence-electron chi connectivity index (χ2n) is 7.86. The van der Waals surface area contributed by atoms with Crippen molar-refractivity contribution in [2.75, 3.05) is 13.7 Å². The fraction of sp³-hybridized carbons (Fsp3) is 0.231. The van der Waals surface area contributed by atoms with E-state index in [-0.39, 0.29) is 11.1 Å². The Morgan fingerprint density at radius 1 is 1.17 bits per heavy atom. The van der Waals surface area contributed by atoms with E-state index in [0.29, 0.717) is 49.3 Å². The molecular formula is C26H23ClN2O6S. The van der Waals surface area contributed by atoms with E-state index >= 15 is 0 Å². The highest BCUT2D eigenvalue weighted by atomic mass is 35.5. The Morgan fingerprint density at radius 3 is 2.53 bits per heavy atom. The lowest BCUT2D eigenvalue weighted by Gasteiger charge is -2.24. The van der Waals surface area contributed by atoms with Crippen LogP contribution in [0.25, 0.3) is 6.08 Å². The molecule has 0 radical (unpaired) electrons. The van der Waals surface area contributed by atoms with Gasteiger partial charge in [0, 0.05) is 11.9 Å². The summed E-state index contributed by atoms with van der Waals surface area (Å²) in [6, 6.07) is 11.3. The van der Waals surface area contributed by atoms with Crippen LogP contribution in [-0.4, -0.2) is 30.2 Å². The molecule has 0 spiro atoms. The lowest BCUT2D eigenvalue weighted by Crippen LogP contribution is -2.39. The molecule has 1 aliphatic rings. The van der Waals surface area contributed by atoms with Crippen molar-refractivity contribution in [2.45, 2.75) is 26.8 Å². The Hall–Kier alpha value is -3.69. The van der Waals surface area contributed by atoms with Gasteiger partial charge in [0.1, 0.15) is 0 Å². The van der Waals surface area contributed by atoms with Gasteiger partial charge in [-0.2, -0.15) is 0 Å². The number of aromatic nitrogens is 1. The highest BCUT2D eigenvalue weighted by molar-refractivity contribution is 7.07. The van der Waals surface area contributed by atoms with Gasteiger partial charge in [-0.15, -0.1) is 0 Å². The summed E-state index contributed by atoms with van der Waals surface area (Å²) in [5, 5.41) is 0.536. The number of esters is 2. The molecule has 8 nitrogen and oxygen atoms in total. The van der Waals surface area contributed by atoms with E-state index < -0.39 is 18.0 Å². The lowest BCUT2D eigenvalue weighted by atomic mass is 9.96. The summed E-state index contributed by atoms with van der Waals surface area (Å²) in [4.78, 5) is 42.8. The normalized spacial score (nSPS) is 15.2. The average Bonchev–Trinajstić information content (AvgIpc) is 3.14. The van der Waals surface area contributed by atoms with Crippen molar-refractivity contribution < 1.29 is 23.8 Å². The number of methoxy groups -OCH3 is 1. The first-order valence-corrected chi connectivity index (χ1v) is 12.2. The number of fused-ring (bicyclic) bond motifs is 1. The Bertz CT molecular complexity index is 1550. The van der Waals surface area contributed by atoms with Gasteiger partial charge in [0.05, 0.1) is 35.6 Å². The molecule has 0 N–H and O–H groups in total. The lowest BCUT2D eigenvalue weighted by molar-refractivity contribution is -0.136. The number of nitrogens with zero attached hydrogens (tertiary/aromatic N) is 2. The number of carbonyl (C=O) groups is 2. The van der Waals surface area contributed by atoms with Gasteiger partial charge in [-0.3, -0.25) is 14.2 Å². The van der Waals surface area contributed by atoms with Crippen LogP contribution in [-0.2, 0) is 14.3 Å². The Morgan fingerprint density at radius 2 is 1.89 bits per heavy atom. The molecule has 0 amide bonds. The summed E-state index contributed by atoms with van der Waals surface area (Å²) in [5.74, 6) is -0.343. The number of hydrogen-bond acceptors (Lipinski definition) is 8. The zero-order valence-corrected chi connectivity index (χ0v) is 21.6. The van der Waals surface area contributed by atoms with Crippen LogP contribution in [0.15, 0.2) is 63.5 Å². The molecule has 0 fully saturated rings. The summed E-state index contributed by atoms with van der Waals surface area (Å²) in [6.45, 7) is 5.22. The van der Waals surface area contributed by atoms with E-state index in [1.165, 1.54) is 29.9 Å². The second-order valence-corrected chi connectivity index (χ2v) is 9.30. The molecule has 186 valence electrons. The maximum absolute atomic E-state index is 13.6. The first-order valence-electron chi connectivity index (χ1n) is 11.0. The van der Waals surface area contributed by atoms with Crippen LogP contribution in [0, 0.1) is 0 Å². The van der Waals surface area contributed by atoms with E-state index in [2.05, 4.69) is 4.99 Å². The number of halogens is 1. The van der Waals surface area contributed by atoms with E-state index in [0.717, 1.165) is 0 Å². The molecule has 1 aliphatic heterocycles. The largest absolute Gasteiger partial charge is 0.490 e. The van der Waals surface area contributed by atoms with Gasteiger partial charge in [-0.25, -0.2) is 9.79 Å². The van der Waals surface area contributed by atoms with Gasteiger partial charge in [0.15, 0.2) is 16.3 Å². The molecule has 2 heterocycles. The fourth-order valence-electron chi connectivity index (χ4n) is 3.93. The van der Waals surface area contributed by atoms with Gasteiger partial charge in [-0.1, -0.05) is 41.1 Å². The third kappa shape index (κ3) is 4.98. The maximum atomic E-state index is 13.6. The predicted molar refractivity (Wildman–Crippen MR) is 136 cm³/mol. The number of carbonyl (C=O) groups excluding carboxylic acids is 2. The van der Waals surface area contributed by atoms with Crippen molar-refractivity contribution in [1.82, 2.24) is 4.57 Å². The molecule has 0 aliphatic carbocycles. The van der Waals surface area contributed by atoms with Gasteiger partial charge in [0.2, 0.25) is 0 Å². The number of hydrogen-bond donors (Lipinski definition) is 0. The van der Waals surface area contributed by atoms with Crippen molar-refractivity contribution in [3.05, 3.63) is 89.6 Å². The highest BCUT2D eigenvalue weighted by Gasteiger charge is 2.33. The van der Waals surface area contributed by atoms with Crippen molar-refractivity contribution in [2.24, 2.45) is 4.99 Å². The summed E-state index contributed by atoms with van der Waals surface area (Å²) >= 11 is 7.28. The summed E-state index contributed by atoms with van der Waals surface area (Å²) in [5.41, 5.74) is 1.81. The Labute approximate surface area is 215 Å². The van der Waals surface area contributed by atoms with Crippen molar-refractivity contribution >= 4 is 41.0 Å². The number of ether oxygens (including phenoxy) is 3. The zero-order valence-electron chi connectivity index (χ0n) is 20.0. The molecule has 0 unspecified atom stereocenters. The highest BCUT2D eigenvalue weighted by Crippen LogP contribution is 2.31. The summed E-state index contributed by atoms with van der Waals surface area (Å²) in [7, 11) is 1.29. The summed E-state index contributed by atoms with van der Waals surface area (Å²) < 4.78 is 17.7. The third-order valence-corrected chi connectivity index (χ3v) is 6.67. The van der Waals surface area contributed by atoms with Gasteiger partial charge in [-0.05, 0) is 55.3 Å². The van der Waals surface area contributed by atoms with Gasteiger partial charge < -0.3 is 14.2 Å². The first-order chi connectivity index (χ1) is 17.2. The van der Waals surface area contributed by atoms with Crippen LogP contribution in [0.1, 0.15) is 37.9 Å². The van der Waals surface area contributed by atoms with Crippen LogP contribution in [0.5, 0.6) is 11.5 Å². The zero-order chi connectivity index (χ0) is 26.0. The molecule has 0 saturated carbocycles. The van der Waals surface area contributed by atoms with Gasteiger partial charge >= 0.3 is 11.9 Å². The first kappa shape index (κ1) is 25.4. The van der Waals surface area contributed by atoms with E-state index in [4.69, 9.17) is 25.8 Å². The van der Waals surface area contributed by atoms with Crippen LogP contribution in [0.3, 0.4) is 0 Å². The van der Waals surface area contributed by atoms with Crippen LogP contribution >= 0.6 is 22.9 Å². The third-order valence-electron chi connectivity index (χ3n) is 5.43. The standard InChI is InChI=1S/C26H23ClN2O6S/c1-5-34-20-12-16(6-11-19(20)35-15(3)30)13-21-24(31)29-23(17-7-9-18(27)10-8-17)22(25(32)33-4)14(2)28-26(29)36-21/h6-13,23H,5H2,1-4H3/b21-13-/t23-/m1/s1. The molecule has 3 aromatic rings. The molecule has 1 aromatic heterocycles. The average molecular weight is 527 g/mol. The molecule has 0 saturated heterocycles. The summed E-state index contributed by atoms with van der Waals surface area (Å²) in [6.07, 6.45) is 1.71. The van der Waals surface area contributed by atoms with E-state index in [1.54, 1.807) is 55.5 Å². The Kier molecular flexibility index (Phi) is 7.42. The Balaban J connectivity index is 1.89. The minimum Gasteiger partial charge on any atom is -0.490 e. The second kappa shape index (κ2) is 10.5. The number of benzene rings is 2. The van der Waals surface area contributed by atoms with Crippen LogP contribution < -0.4 is 24.4 Å². The maximum Gasteiger partial charge on any atom is 0.338 e. The molecule has 1 atom stereocenters. The van der Waals surface area contributed by atoms with E-state index in [1.807, 2.05) is 6.92 Å². The minimum atomic E-state index is -0.724. The van der Waals surface area contributed by atoms with Crippen molar-refractivity contribution in [1.29, 1.82) is 0 Å². The quantitative estimate of drug-likeness (QED) is 0.361. The number of rotatable bonds is 6. The minimum absolute atomic E-state index is 0.281. The topological polar surface area (TPSA) is 96.2 Å². The molecule has 0 bridgehead atoms. The van der Waals surface area contributed by atoms with Crippen LogP contribution in [0.4, 0.5) is 0 Å². The molecule has 4 rings (SSSR count). The molecule has 36 heavy (non-hydrogen) atoms. The molecular weight excluding hydrogens is 504 g/mol. The fourth-order valence-corrected chi connectivity index (χ4v) is 5.10. The SMILES string of the molecule is CCOc1cc(/C=c2\sc3n(c2=O)[C@H](c2ccc(Cl)cc2)C(C(=O)OC)=C(C)N=3)ccc1OC(C)=O. The monoisotopic (exact) mass is 526 g/mol.